The lowest BCUT2D eigenvalue weighted by atomic mass is 9.89. The van der Waals surface area contributed by atoms with Crippen molar-refractivity contribution in [3.63, 3.8) is 0 Å². The van der Waals surface area contributed by atoms with Crippen molar-refractivity contribution in [2.75, 3.05) is 0 Å². The van der Waals surface area contributed by atoms with Crippen molar-refractivity contribution in [1.29, 1.82) is 0 Å². The molecule has 0 aliphatic heterocycles. The van der Waals surface area contributed by atoms with E-state index in [0.717, 1.165) is 10.8 Å². The first-order valence-electron chi connectivity index (χ1n) is 8.06. The van der Waals surface area contributed by atoms with Gasteiger partial charge in [-0.3, -0.25) is 9.59 Å². The Labute approximate surface area is 162 Å². The number of carbonyl (C=O) groups is 2. The number of phenolic OH excluding ortho intramolecular Hbond substituents is 2. The molecule has 0 fully saturated rings. The first-order chi connectivity index (χ1) is 12.7. The molecular formula is C22H16O4S. The fraction of sp³-hybridized carbons (Fsp3) is 0. The second kappa shape index (κ2) is 7.13. The number of fused-ring (bicyclic) bond motifs is 2. The standard InChI is InChI=1S/C22H14O4.H2S/c23-11-15-9-13-5-1-3-7-17(13)19(21(15)25)20-18-8-4-2-6-14(18)10-16(12-24)22(20)26;/h1-12,25-26H;1H2. The summed E-state index contributed by atoms with van der Waals surface area (Å²) in [7, 11) is 0. The number of benzene rings is 4. The summed E-state index contributed by atoms with van der Waals surface area (Å²) in [6.45, 7) is 0. The van der Waals surface area contributed by atoms with Gasteiger partial charge in [0.15, 0.2) is 12.6 Å². The zero-order valence-electron chi connectivity index (χ0n) is 14.1. The van der Waals surface area contributed by atoms with Crippen LogP contribution in [0.25, 0.3) is 32.7 Å². The van der Waals surface area contributed by atoms with Gasteiger partial charge in [-0.25, -0.2) is 0 Å². The molecule has 0 amide bonds. The number of rotatable bonds is 3. The summed E-state index contributed by atoms with van der Waals surface area (Å²) in [5.74, 6) is -0.440. The van der Waals surface area contributed by atoms with Gasteiger partial charge in [-0.05, 0) is 33.7 Å². The molecule has 0 unspecified atom stereocenters. The van der Waals surface area contributed by atoms with Crippen LogP contribution in [0.3, 0.4) is 0 Å². The van der Waals surface area contributed by atoms with Crippen LogP contribution in [0, 0.1) is 0 Å². The Morgan fingerprint density at radius 1 is 0.630 bits per heavy atom. The van der Waals surface area contributed by atoms with Crippen LogP contribution in [0.15, 0.2) is 60.7 Å². The first-order valence-corrected chi connectivity index (χ1v) is 8.06. The van der Waals surface area contributed by atoms with Gasteiger partial charge in [0.25, 0.3) is 0 Å². The molecule has 0 spiro atoms. The molecule has 0 aromatic heterocycles. The van der Waals surface area contributed by atoms with Crippen molar-refractivity contribution in [2.45, 2.75) is 0 Å². The van der Waals surface area contributed by atoms with Crippen molar-refractivity contribution in [3.05, 3.63) is 71.8 Å². The van der Waals surface area contributed by atoms with E-state index in [1.807, 2.05) is 36.4 Å². The maximum atomic E-state index is 11.4. The summed E-state index contributed by atoms with van der Waals surface area (Å²) >= 11 is 0. The second-order valence-electron chi connectivity index (χ2n) is 6.06. The van der Waals surface area contributed by atoms with Gasteiger partial charge in [0.2, 0.25) is 0 Å². The molecule has 134 valence electrons. The third-order valence-corrected chi connectivity index (χ3v) is 4.61. The lowest BCUT2D eigenvalue weighted by Crippen LogP contribution is -1.93. The summed E-state index contributed by atoms with van der Waals surface area (Å²) in [5, 5.41) is 24.4. The average Bonchev–Trinajstić information content (AvgIpc) is 2.68. The van der Waals surface area contributed by atoms with Crippen LogP contribution >= 0.6 is 13.5 Å². The second-order valence-corrected chi connectivity index (χ2v) is 6.06. The van der Waals surface area contributed by atoms with E-state index in [-0.39, 0.29) is 36.1 Å². The molecule has 0 atom stereocenters. The van der Waals surface area contributed by atoms with Gasteiger partial charge in [-0.1, -0.05) is 48.5 Å². The third-order valence-electron chi connectivity index (χ3n) is 4.61. The van der Waals surface area contributed by atoms with Crippen molar-refractivity contribution in [1.82, 2.24) is 0 Å². The molecule has 4 aromatic carbocycles. The summed E-state index contributed by atoms with van der Waals surface area (Å²) in [6, 6.07) is 17.8. The zero-order valence-corrected chi connectivity index (χ0v) is 15.1. The molecule has 0 radical (unpaired) electrons. The van der Waals surface area contributed by atoms with Gasteiger partial charge in [-0.15, -0.1) is 0 Å². The van der Waals surface area contributed by atoms with E-state index in [4.69, 9.17) is 0 Å². The fourth-order valence-electron chi connectivity index (χ4n) is 3.40. The van der Waals surface area contributed by atoms with Crippen LogP contribution in [-0.4, -0.2) is 22.8 Å². The van der Waals surface area contributed by atoms with Crippen LogP contribution < -0.4 is 0 Å². The van der Waals surface area contributed by atoms with Crippen molar-refractivity contribution >= 4 is 47.6 Å². The number of aromatic hydroxyl groups is 2. The molecule has 5 heteroatoms. The van der Waals surface area contributed by atoms with Crippen LogP contribution in [0.5, 0.6) is 11.5 Å². The van der Waals surface area contributed by atoms with Gasteiger partial charge in [0.1, 0.15) is 11.5 Å². The van der Waals surface area contributed by atoms with E-state index in [0.29, 0.717) is 34.5 Å². The van der Waals surface area contributed by atoms with Crippen molar-refractivity contribution in [2.24, 2.45) is 0 Å². The molecule has 0 saturated heterocycles. The van der Waals surface area contributed by atoms with Crippen LogP contribution in [-0.2, 0) is 0 Å². The molecule has 0 heterocycles. The van der Waals surface area contributed by atoms with Crippen LogP contribution in [0.1, 0.15) is 20.7 Å². The predicted octanol–water partition coefficient (Wildman–Crippen LogP) is 4.81. The Morgan fingerprint density at radius 3 is 1.37 bits per heavy atom. The Morgan fingerprint density at radius 2 is 1.00 bits per heavy atom. The van der Waals surface area contributed by atoms with Crippen molar-refractivity contribution in [3.8, 4) is 22.6 Å². The highest BCUT2D eigenvalue weighted by molar-refractivity contribution is 7.59. The lowest BCUT2D eigenvalue weighted by molar-refractivity contribution is 0.111. The average molecular weight is 376 g/mol. The first kappa shape index (κ1) is 18.5. The molecular weight excluding hydrogens is 360 g/mol. The zero-order chi connectivity index (χ0) is 18.3. The molecule has 0 aliphatic carbocycles. The lowest BCUT2D eigenvalue weighted by Gasteiger charge is -2.16. The highest BCUT2D eigenvalue weighted by atomic mass is 32.1. The molecule has 0 bridgehead atoms. The van der Waals surface area contributed by atoms with Crippen molar-refractivity contribution < 1.29 is 19.8 Å². The summed E-state index contributed by atoms with van der Waals surface area (Å²) in [4.78, 5) is 22.9. The monoisotopic (exact) mass is 376 g/mol. The largest absolute Gasteiger partial charge is 0.507 e. The quantitative estimate of drug-likeness (QED) is 0.503. The molecule has 2 N–H and O–H groups in total. The Bertz CT molecular complexity index is 1100. The van der Waals surface area contributed by atoms with E-state index in [9.17, 15) is 19.8 Å². The summed E-state index contributed by atoms with van der Waals surface area (Å²) in [6.07, 6.45) is 1.15. The third kappa shape index (κ3) is 2.82. The summed E-state index contributed by atoms with van der Waals surface area (Å²) < 4.78 is 0. The normalized spacial score (nSPS) is 10.5. The maximum Gasteiger partial charge on any atom is 0.153 e. The molecule has 4 nitrogen and oxygen atoms in total. The smallest absolute Gasteiger partial charge is 0.153 e. The number of hydrogen-bond acceptors (Lipinski definition) is 4. The van der Waals surface area contributed by atoms with E-state index in [1.54, 1.807) is 24.3 Å². The van der Waals surface area contributed by atoms with Gasteiger partial charge in [0, 0.05) is 11.1 Å². The molecule has 0 aliphatic rings. The van der Waals surface area contributed by atoms with Gasteiger partial charge >= 0.3 is 0 Å². The van der Waals surface area contributed by atoms with E-state index in [1.165, 1.54) is 0 Å². The topological polar surface area (TPSA) is 74.6 Å². The number of aldehydes is 2. The Kier molecular flexibility index (Phi) is 4.88. The minimum Gasteiger partial charge on any atom is -0.507 e. The highest BCUT2D eigenvalue weighted by Crippen LogP contribution is 2.46. The van der Waals surface area contributed by atoms with E-state index >= 15 is 0 Å². The Balaban J connectivity index is 0.00000210. The molecule has 27 heavy (non-hydrogen) atoms. The van der Waals surface area contributed by atoms with Gasteiger partial charge in [0.05, 0.1) is 11.1 Å². The minimum atomic E-state index is -0.220. The maximum absolute atomic E-state index is 11.4. The molecule has 4 aromatic rings. The van der Waals surface area contributed by atoms with Crippen LogP contribution in [0.4, 0.5) is 0 Å². The number of carbonyl (C=O) groups excluding carboxylic acids is 2. The Hall–Kier alpha value is -3.31. The van der Waals surface area contributed by atoms with Gasteiger partial charge < -0.3 is 10.2 Å². The van der Waals surface area contributed by atoms with E-state index in [2.05, 4.69) is 0 Å². The predicted molar refractivity (Wildman–Crippen MR) is 111 cm³/mol. The number of hydrogen-bond donors (Lipinski definition) is 2. The minimum absolute atomic E-state index is 0. The molecule has 0 saturated carbocycles. The van der Waals surface area contributed by atoms with Gasteiger partial charge in [-0.2, -0.15) is 13.5 Å². The fourth-order valence-corrected chi connectivity index (χ4v) is 3.40. The summed E-state index contributed by atoms with van der Waals surface area (Å²) in [5.41, 5.74) is 0.919. The highest BCUT2D eigenvalue weighted by Gasteiger charge is 2.21. The van der Waals surface area contributed by atoms with E-state index < -0.39 is 0 Å². The van der Waals surface area contributed by atoms with Crippen LogP contribution in [0.2, 0.25) is 0 Å². The SMILES string of the molecule is O=Cc1cc2ccccc2c(-c2c(O)c(C=O)cc3ccccc23)c1O.S. The number of phenols is 2. The molecule has 4 rings (SSSR count).